The summed E-state index contributed by atoms with van der Waals surface area (Å²) >= 11 is 0. The van der Waals surface area contributed by atoms with E-state index in [-0.39, 0.29) is 17.7 Å². The summed E-state index contributed by atoms with van der Waals surface area (Å²) < 4.78 is 10.9. The predicted octanol–water partition coefficient (Wildman–Crippen LogP) is 2.19. The number of hydrazine groups is 1. The van der Waals surface area contributed by atoms with Crippen molar-refractivity contribution in [3.63, 3.8) is 0 Å². The van der Waals surface area contributed by atoms with Crippen LogP contribution in [-0.2, 0) is 9.59 Å². The molecule has 2 amide bonds. The summed E-state index contributed by atoms with van der Waals surface area (Å²) in [6.07, 6.45) is 3.21. The van der Waals surface area contributed by atoms with Crippen LogP contribution in [0.15, 0.2) is 24.3 Å². The molecule has 0 aliphatic heterocycles. The van der Waals surface area contributed by atoms with E-state index in [1.165, 1.54) is 0 Å². The first-order valence-electron chi connectivity index (χ1n) is 8.09. The molecule has 6 nitrogen and oxygen atoms in total. The van der Waals surface area contributed by atoms with E-state index < -0.39 is 6.10 Å². The lowest BCUT2D eigenvalue weighted by Crippen LogP contribution is -2.48. The third kappa shape index (κ3) is 5.16. The van der Waals surface area contributed by atoms with E-state index >= 15 is 0 Å². The van der Waals surface area contributed by atoms with E-state index in [0.29, 0.717) is 12.4 Å². The Labute approximate surface area is 136 Å². The second-order valence-electron chi connectivity index (χ2n) is 5.62. The van der Waals surface area contributed by atoms with E-state index in [1.807, 2.05) is 6.92 Å². The van der Waals surface area contributed by atoms with E-state index in [1.54, 1.807) is 31.2 Å². The molecular weight excluding hydrogens is 296 g/mol. The summed E-state index contributed by atoms with van der Waals surface area (Å²) in [6, 6.07) is 7.05. The summed E-state index contributed by atoms with van der Waals surface area (Å²) in [7, 11) is 0. The Hall–Kier alpha value is -2.24. The van der Waals surface area contributed by atoms with Crippen LogP contribution in [0.25, 0.3) is 0 Å². The maximum absolute atomic E-state index is 12.0. The monoisotopic (exact) mass is 320 g/mol. The van der Waals surface area contributed by atoms with Gasteiger partial charge in [0.1, 0.15) is 11.5 Å². The van der Waals surface area contributed by atoms with E-state index in [2.05, 4.69) is 10.9 Å². The number of benzene rings is 1. The van der Waals surface area contributed by atoms with Crippen molar-refractivity contribution in [1.82, 2.24) is 10.9 Å². The normalized spacial score (nSPS) is 15.7. The van der Waals surface area contributed by atoms with Crippen LogP contribution in [0.5, 0.6) is 11.5 Å². The molecule has 0 heterocycles. The Kier molecular flexibility index (Phi) is 6.26. The number of carbonyl (C=O) groups is 2. The lowest BCUT2D eigenvalue weighted by atomic mass is 10.1. The summed E-state index contributed by atoms with van der Waals surface area (Å²) in [5, 5.41) is 0. The van der Waals surface area contributed by atoms with Crippen LogP contribution in [0.4, 0.5) is 0 Å². The van der Waals surface area contributed by atoms with Gasteiger partial charge in [-0.05, 0) is 51.0 Å². The second-order valence-corrected chi connectivity index (χ2v) is 5.62. The molecule has 0 spiro atoms. The molecule has 6 heteroatoms. The highest BCUT2D eigenvalue weighted by Crippen LogP contribution is 2.24. The van der Waals surface area contributed by atoms with Crippen molar-refractivity contribution in [3.05, 3.63) is 24.3 Å². The Bertz CT molecular complexity index is 524. The maximum Gasteiger partial charge on any atom is 0.279 e. The van der Waals surface area contributed by atoms with Crippen LogP contribution in [-0.4, -0.2) is 24.5 Å². The Balaban J connectivity index is 1.76. The van der Waals surface area contributed by atoms with E-state index in [9.17, 15) is 9.59 Å². The molecule has 23 heavy (non-hydrogen) atoms. The number of hydrogen-bond donors (Lipinski definition) is 2. The summed E-state index contributed by atoms with van der Waals surface area (Å²) in [4.78, 5) is 23.8. The van der Waals surface area contributed by atoms with Crippen molar-refractivity contribution in [3.8, 4) is 11.5 Å². The van der Waals surface area contributed by atoms with Gasteiger partial charge in [-0.3, -0.25) is 20.4 Å². The van der Waals surface area contributed by atoms with Crippen LogP contribution in [0.2, 0.25) is 0 Å². The fourth-order valence-corrected chi connectivity index (χ4v) is 2.55. The average Bonchev–Trinajstić information content (AvgIpc) is 3.09. The topological polar surface area (TPSA) is 76.7 Å². The summed E-state index contributed by atoms with van der Waals surface area (Å²) in [6.45, 7) is 4.14. The molecule has 0 aromatic heterocycles. The van der Waals surface area contributed by atoms with Gasteiger partial charge >= 0.3 is 0 Å². The molecule has 0 bridgehead atoms. The molecule has 1 aromatic carbocycles. The van der Waals surface area contributed by atoms with Crippen LogP contribution in [0.3, 0.4) is 0 Å². The molecule has 2 rings (SSSR count). The van der Waals surface area contributed by atoms with Gasteiger partial charge in [0.15, 0.2) is 6.10 Å². The lowest BCUT2D eigenvalue weighted by molar-refractivity contribution is -0.134. The van der Waals surface area contributed by atoms with Gasteiger partial charge in [-0.2, -0.15) is 0 Å². The Morgan fingerprint density at radius 2 is 1.74 bits per heavy atom. The molecule has 0 unspecified atom stereocenters. The predicted molar refractivity (Wildman–Crippen MR) is 85.9 cm³/mol. The molecule has 1 fully saturated rings. The van der Waals surface area contributed by atoms with E-state index in [0.717, 1.165) is 31.4 Å². The second kappa shape index (κ2) is 8.41. The first-order valence-corrected chi connectivity index (χ1v) is 8.09. The highest BCUT2D eigenvalue weighted by atomic mass is 16.5. The minimum absolute atomic E-state index is 0.0117. The molecule has 1 atom stereocenters. The highest BCUT2D eigenvalue weighted by molar-refractivity contribution is 5.85. The fourth-order valence-electron chi connectivity index (χ4n) is 2.55. The van der Waals surface area contributed by atoms with Crippen molar-refractivity contribution in [2.45, 2.75) is 45.6 Å². The van der Waals surface area contributed by atoms with E-state index in [4.69, 9.17) is 9.47 Å². The van der Waals surface area contributed by atoms with Crippen molar-refractivity contribution in [2.75, 3.05) is 6.61 Å². The molecule has 126 valence electrons. The maximum atomic E-state index is 12.0. The smallest absolute Gasteiger partial charge is 0.279 e. The van der Waals surface area contributed by atoms with Crippen molar-refractivity contribution in [2.24, 2.45) is 5.92 Å². The zero-order valence-electron chi connectivity index (χ0n) is 13.6. The quantitative estimate of drug-likeness (QED) is 0.788. The summed E-state index contributed by atoms with van der Waals surface area (Å²) in [5.74, 6) is 0.825. The number of rotatable bonds is 6. The van der Waals surface area contributed by atoms with Gasteiger partial charge in [-0.25, -0.2) is 0 Å². The number of amides is 2. The number of nitrogens with one attached hydrogen (secondary N) is 2. The molecule has 2 N–H and O–H groups in total. The van der Waals surface area contributed by atoms with Crippen LogP contribution >= 0.6 is 0 Å². The SMILES string of the molecule is CCOc1ccc(O[C@@H](C)C(=O)NNC(=O)C2CCCC2)cc1. The summed E-state index contributed by atoms with van der Waals surface area (Å²) in [5.41, 5.74) is 4.90. The number of hydrogen-bond acceptors (Lipinski definition) is 4. The van der Waals surface area contributed by atoms with Gasteiger partial charge in [0.25, 0.3) is 5.91 Å². The Morgan fingerprint density at radius 1 is 1.13 bits per heavy atom. The van der Waals surface area contributed by atoms with Crippen LogP contribution in [0.1, 0.15) is 39.5 Å². The van der Waals surface area contributed by atoms with Crippen molar-refractivity contribution in [1.29, 1.82) is 0 Å². The molecular formula is C17H24N2O4. The Morgan fingerprint density at radius 3 is 2.35 bits per heavy atom. The largest absolute Gasteiger partial charge is 0.494 e. The average molecular weight is 320 g/mol. The highest BCUT2D eigenvalue weighted by Gasteiger charge is 2.23. The van der Waals surface area contributed by atoms with Crippen molar-refractivity contribution < 1.29 is 19.1 Å². The molecule has 0 radical (unpaired) electrons. The fraction of sp³-hybridized carbons (Fsp3) is 0.529. The van der Waals surface area contributed by atoms with Crippen molar-refractivity contribution >= 4 is 11.8 Å². The first-order chi connectivity index (χ1) is 11.1. The first kappa shape index (κ1) is 17.1. The molecule has 1 aliphatic carbocycles. The molecule has 1 saturated carbocycles. The molecule has 0 saturated heterocycles. The van der Waals surface area contributed by atoms with Crippen LogP contribution in [0, 0.1) is 5.92 Å². The minimum atomic E-state index is -0.711. The number of ether oxygens (including phenoxy) is 2. The minimum Gasteiger partial charge on any atom is -0.494 e. The third-order valence-electron chi connectivity index (χ3n) is 3.85. The van der Waals surface area contributed by atoms with Gasteiger partial charge in [0, 0.05) is 5.92 Å². The zero-order chi connectivity index (χ0) is 16.7. The lowest BCUT2D eigenvalue weighted by Gasteiger charge is -2.16. The molecule has 1 aliphatic rings. The van der Waals surface area contributed by atoms with Gasteiger partial charge in [0.05, 0.1) is 6.61 Å². The van der Waals surface area contributed by atoms with Gasteiger partial charge < -0.3 is 9.47 Å². The van der Waals surface area contributed by atoms with Gasteiger partial charge in [-0.1, -0.05) is 12.8 Å². The number of carbonyl (C=O) groups excluding carboxylic acids is 2. The molecule has 1 aromatic rings. The van der Waals surface area contributed by atoms with Gasteiger partial charge in [-0.15, -0.1) is 0 Å². The van der Waals surface area contributed by atoms with Gasteiger partial charge in [0.2, 0.25) is 5.91 Å². The zero-order valence-corrected chi connectivity index (χ0v) is 13.6. The third-order valence-corrected chi connectivity index (χ3v) is 3.85. The standard InChI is InChI=1S/C17H24N2O4/c1-3-22-14-8-10-15(11-9-14)23-12(2)16(20)18-19-17(21)13-6-4-5-7-13/h8-13H,3-7H2,1-2H3,(H,18,20)(H,19,21)/t12-/m0/s1. The van der Waals surface area contributed by atoms with Crippen LogP contribution < -0.4 is 20.3 Å².